The van der Waals surface area contributed by atoms with Gasteiger partial charge in [0.05, 0.1) is 0 Å². The first-order valence-corrected chi connectivity index (χ1v) is 6.38. The van der Waals surface area contributed by atoms with Gasteiger partial charge in [-0.15, -0.1) is 0 Å². The van der Waals surface area contributed by atoms with Crippen LogP contribution in [0.5, 0.6) is 0 Å². The van der Waals surface area contributed by atoms with Gasteiger partial charge in [0, 0.05) is 26.2 Å². The Kier molecular flexibility index (Phi) is 5.60. The molecule has 0 aliphatic carbocycles. The van der Waals surface area contributed by atoms with Crippen LogP contribution >= 0.6 is 0 Å². The Morgan fingerprint density at radius 1 is 1.50 bits per heavy atom. The molecule has 0 bridgehead atoms. The molecule has 0 aromatic carbocycles. The molecule has 4 heteroatoms. The quantitative estimate of drug-likeness (QED) is 0.770. The molecule has 16 heavy (non-hydrogen) atoms. The van der Waals surface area contributed by atoms with Crippen LogP contribution in [0.3, 0.4) is 0 Å². The summed E-state index contributed by atoms with van der Waals surface area (Å²) in [5.41, 5.74) is 0. The van der Waals surface area contributed by atoms with Gasteiger partial charge >= 0.3 is 6.03 Å². The molecule has 1 N–H and O–H groups in total. The van der Waals surface area contributed by atoms with Gasteiger partial charge in [0.1, 0.15) is 0 Å². The summed E-state index contributed by atoms with van der Waals surface area (Å²) >= 11 is 0. The fourth-order valence-corrected chi connectivity index (χ4v) is 2.34. The Morgan fingerprint density at radius 3 is 2.88 bits per heavy atom. The van der Waals surface area contributed by atoms with Crippen LogP contribution < -0.4 is 5.32 Å². The number of hydrogen-bond donors (Lipinski definition) is 1. The second-order valence-corrected chi connectivity index (χ2v) is 4.70. The van der Waals surface area contributed by atoms with Gasteiger partial charge in [-0.25, -0.2) is 4.79 Å². The smallest absolute Gasteiger partial charge is 0.317 e. The van der Waals surface area contributed by atoms with Crippen LogP contribution in [-0.4, -0.2) is 55.6 Å². The number of carbonyl (C=O) groups excluding carboxylic acids is 1. The maximum Gasteiger partial charge on any atom is 0.317 e. The van der Waals surface area contributed by atoms with Crippen molar-refractivity contribution in [3.63, 3.8) is 0 Å². The van der Waals surface area contributed by atoms with E-state index in [0.29, 0.717) is 5.92 Å². The largest absolute Gasteiger partial charge is 0.338 e. The molecule has 2 amide bonds. The third kappa shape index (κ3) is 4.00. The minimum absolute atomic E-state index is 0.100. The van der Waals surface area contributed by atoms with Crippen LogP contribution in [0, 0.1) is 5.92 Å². The molecular weight excluding hydrogens is 202 g/mol. The molecule has 0 aromatic rings. The van der Waals surface area contributed by atoms with Crippen molar-refractivity contribution in [1.29, 1.82) is 0 Å². The Balaban J connectivity index is 2.26. The molecule has 1 aliphatic rings. The summed E-state index contributed by atoms with van der Waals surface area (Å²) in [5.74, 6) is 0.652. The average molecular weight is 227 g/mol. The molecule has 1 aliphatic heterocycles. The molecule has 94 valence electrons. The molecule has 0 saturated carbocycles. The number of nitrogens with zero attached hydrogens (tertiary/aromatic N) is 2. The third-order valence-corrected chi connectivity index (χ3v) is 3.08. The van der Waals surface area contributed by atoms with Crippen LogP contribution in [0.4, 0.5) is 4.79 Å². The van der Waals surface area contributed by atoms with Crippen LogP contribution in [-0.2, 0) is 0 Å². The van der Waals surface area contributed by atoms with E-state index < -0.39 is 0 Å². The number of hydrogen-bond acceptors (Lipinski definition) is 2. The number of nitrogens with one attached hydrogen (secondary N) is 1. The summed E-state index contributed by atoms with van der Waals surface area (Å²) in [6.45, 7) is 8.97. The first kappa shape index (κ1) is 13.3. The predicted octanol–water partition coefficient (Wildman–Crippen LogP) is 1.38. The fraction of sp³-hybridized carbons (Fsp3) is 0.917. The summed E-state index contributed by atoms with van der Waals surface area (Å²) < 4.78 is 0. The molecule has 0 spiro atoms. The van der Waals surface area contributed by atoms with Crippen molar-refractivity contribution in [2.24, 2.45) is 5.92 Å². The van der Waals surface area contributed by atoms with E-state index in [-0.39, 0.29) is 6.03 Å². The molecule has 4 nitrogen and oxygen atoms in total. The lowest BCUT2D eigenvalue weighted by molar-refractivity contribution is 0.205. The monoisotopic (exact) mass is 227 g/mol. The van der Waals surface area contributed by atoms with Crippen LogP contribution in [0.15, 0.2) is 0 Å². The second kappa shape index (κ2) is 6.74. The highest BCUT2D eigenvalue weighted by Crippen LogP contribution is 2.17. The van der Waals surface area contributed by atoms with Crippen molar-refractivity contribution in [1.82, 2.24) is 15.1 Å². The molecule has 1 heterocycles. The predicted molar refractivity (Wildman–Crippen MR) is 66.5 cm³/mol. The molecule has 1 saturated heterocycles. The van der Waals surface area contributed by atoms with Gasteiger partial charge in [0.15, 0.2) is 0 Å². The van der Waals surface area contributed by atoms with Crippen molar-refractivity contribution in [3.8, 4) is 0 Å². The SMILES string of the molecule is CCCN(C)C[C@H]1CCN(C(=O)NCC)C1. The Labute approximate surface area is 99.0 Å². The number of likely N-dealkylation sites (tertiary alicyclic amines) is 1. The Morgan fingerprint density at radius 2 is 2.25 bits per heavy atom. The summed E-state index contributed by atoms with van der Waals surface area (Å²) in [7, 11) is 2.16. The zero-order valence-electron chi connectivity index (χ0n) is 10.8. The number of rotatable bonds is 5. The van der Waals surface area contributed by atoms with E-state index >= 15 is 0 Å². The molecule has 1 rings (SSSR count). The van der Waals surface area contributed by atoms with Gasteiger partial charge in [0.2, 0.25) is 0 Å². The maximum atomic E-state index is 11.6. The van der Waals surface area contributed by atoms with Crippen molar-refractivity contribution >= 4 is 6.03 Å². The minimum Gasteiger partial charge on any atom is -0.338 e. The Bertz CT molecular complexity index is 220. The van der Waals surface area contributed by atoms with Gasteiger partial charge in [-0.1, -0.05) is 6.92 Å². The van der Waals surface area contributed by atoms with E-state index in [1.807, 2.05) is 11.8 Å². The first-order valence-electron chi connectivity index (χ1n) is 6.38. The molecule has 1 fully saturated rings. The third-order valence-electron chi connectivity index (χ3n) is 3.08. The summed E-state index contributed by atoms with van der Waals surface area (Å²) in [5, 5.41) is 2.86. The van der Waals surface area contributed by atoms with Gasteiger partial charge in [-0.3, -0.25) is 0 Å². The highest BCUT2D eigenvalue weighted by Gasteiger charge is 2.26. The van der Waals surface area contributed by atoms with Crippen molar-refractivity contribution in [3.05, 3.63) is 0 Å². The summed E-state index contributed by atoms with van der Waals surface area (Å²) in [6.07, 6.45) is 2.34. The van der Waals surface area contributed by atoms with Crippen molar-refractivity contribution < 1.29 is 4.79 Å². The van der Waals surface area contributed by atoms with E-state index in [9.17, 15) is 4.79 Å². The van der Waals surface area contributed by atoms with Crippen molar-refractivity contribution in [2.45, 2.75) is 26.7 Å². The zero-order valence-corrected chi connectivity index (χ0v) is 10.8. The average Bonchev–Trinajstić information content (AvgIpc) is 2.67. The van der Waals surface area contributed by atoms with E-state index in [1.54, 1.807) is 0 Å². The zero-order chi connectivity index (χ0) is 12.0. The number of urea groups is 1. The lowest BCUT2D eigenvalue weighted by Gasteiger charge is -2.21. The lowest BCUT2D eigenvalue weighted by Crippen LogP contribution is -2.39. The van der Waals surface area contributed by atoms with E-state index in [2.05, 4.69) is 24.2 Å². The normalized spacial score (nSPS) is 20.5. The highest BCUT2D eigenvalue weighted by atomic mass is 16.2. The molecule has 0 aromatic heterocycles. The number of carbonyl (C=O) groups is 1. The van der Waals surface area contributed by atoms with Crippen molar-refractivity contribution in [2.75, 3.05) is 39.8 Å². The first-order chi connectivity index (χ1) is 7.67. The van der Waals surface area contributed by atoms with Crippen LogP contribution in [0.25, 0.3) is 0 Å². The Hall–Kier alpha value is -0.770. The summed E-state index contributed by atoms with van der Waals surface area (Å²) in [6, 6.07) is 0.100. The van der Waals surface area contributed by atoms with E-state index in [4.69, 9.17) is 0 Å². The summed E-state index contributed by atoms with van der Waals surface area (Å²) in [4.78, 5) is 15.9. The highest BCUT2D eigenvalue weighted by molar-refractivity contribution is 5.74. The van der Waals surface area contributed by atoms with Gasteiger partial charge in [0.25, 0.3) is 0 Å². The lowest BCUT2D eigenvalue weighted by atomic mass is 10.1. The van der Waals surface area contributed by atoms with Gasteiger partial charge in [-0.05, 0) is 39.3 Å². The number of amides is 2. The molecular formula is C12H25N3O. The molecule has 1 atom stereocenters. The topological polar surface area (TPSA) is 35.6 Å². The second-order valence-electron chi connectivity index (χ2n) is 4.70. The van der Waals surface area contributed by atoms with Gasteiger partial charge < -0.3 is 15.1 Å². The maximum absolute atomic E-state index is 11.6. The molecule has 0 unspecified atom stereocenters. The van der Waals surface area contributed by atoms with Crippen LogP contribution in [0.2, 0.25) is 0 Å². The van der Waals surface area contributed by atoms with Crippen LogP contribution in [0.1, 0.15) is 26.7 Å². The van der Waals surface area contributed by atoms with E-state index in [0.717, 1.165) is 39.1 Å². The van der Waals surface area contributed by atoms with E-state index in [1.165, 1.54) is 6.42 Å². The fourth-order valence-electron chi connectivity index (χ4n) is 2.34. The molecule has 0 radical (unpaired) electrons. The van der Waals surface area contributed by atoms with Gasteiger partial charge in [-0.2, -0.15) is 0 Å². The minimum atomic E-state index is 0.100. The standard InChI is InChI=1S/C12H25N3O/c1-4-7-14(3)9-11-6-8-15(10-11)12(16)13-5-2/h11H,4-10H2,1-3H3,(H,13,16)/t11-/m1/s1.